The molecule has 0 saturated carbocycles. The number of rotatable bonds is 4. The minimum atomic E-state index is -4.54. The molecule has 0 saturated heterocycles. The van der Waals surface area contributed by atoms with Gasteiger partial charge in [0.1, 0.15) is 0 Å². The van der Waals surface area contributed by atoms with E-state index in [-0.39, 0.29) is 0 Å². The lowest BCUT2D eigenvalue weighted by molar-refractivity contribution is -0.284. The number of hydrogen-bond acceptors (Lipinski definition) is 2. The van der Waals surface area contributed by atoms with Gasteiger partial charge in [0.15, 0.2) is 0 Å². The Labute approximate surface area is 65.1 Å². The summed E-state index contributed by atoms with van der Waals surface area (Å²) in [6, 6.07) is 0.385. The van der Waals surface area contributed by atoms with E-state index in [2.05, 4.69) is 8.85 Å². The van der Waals surface area contributed by atoms with Crippen molar-refractivity contribution in [2.75, 3.05) is 7.11 Å². The Morgan fingerprint density at radius 3 is 2.18 bits per heavy atom. The van der Waals surface area contributed by atoms with Crippen molar-refractivity contribution < 1.29 is 22.0 Å². The van der Waals surface area contributed by atoms with Crippen LogP contribution in [-0.2, 0) is 8.85 Å². The lowest BCUT2D eigenvalue weighted by Crippen LogP contribution is -2.29. The summed E-state index contributed by atoms with van der Waals surface area (Å²) in [7, 11) is -1.21. The minimum Gasteiger partial charge on any atom is -0.400 e. The molecule has 0 rings (SSSR count). The van der Waals surface area contributed by atoms with Crippen molar-refractivity contribution >= 4 is 9.28 Å². The highest BCUT2D eigenvalue weighted by Crippen LogP contribution is 2.19. The van der Waals surface area contributed by atoms with E-state index in [1.165, 1.54) is 7.11 Å². The van der Waals surface area contributed by atoms with Gasteiger partial charge in [0.25, 0.3) is 0 Å². The van der Waals surface area contributed by atoms with Gasteiger partial charge in [-0.3, -0.25) is 0 Å². The van der Waals surface area contributed by atoms with E-state index in [4.69, 9.17) is 0 Å². The molecule has 0 aromatic carbocycles. The minimum absolute atomic E-state index is 0.385. The molecule has 0 aliphatic rings. The van der Waals surface area contributed by atoms with Crippen molar-refractivity contribution in [1.29, 1.82) is 0 Å². The largest absolute Gasteiger partial charge is 0.514 e. The van der Waals surface area contributed by atoms with E-state index in [1.807, 2.05) is 0 Å². The van der Waals surface area contributed by atoms with E-state index in [9.17, 15) is 13.2 Å². The maximum absolute atomic E-state index is 11.5. The third-order valence-electron chi connectivity index (χ3n) is 1.05. The van der Waals surface area contributed by atoms with Crippen LogP contribution in [0.25, 0.3) is 0 Å². The summed E-state index contributed by atoms with van der Waals surface area (Å²) in [4.78, 5) is 0. The highest BCUT2D eigenvalue weighted by atomic mass is 28.3. The molecule has 2 nitrogen and oxygen atoms in total. The zero-order valence-electron chi connectivity index (χ0n) is 6.44. The summed E-state index contributed by atoms with van der Waals surface area (Å²) in [5, 5.41) is 0. The summed E-state index contributed by atoms with van der Waals surface area (Å²) in [6.07, 6.45) is -3.89. The molecule has 0 spiro atoms. The fraction of sp³-hybridized carbons (Fsp3) is 1.00. The van der Waals surface area contributed by atoms with Crippen LogP contribution in [0.15, 0.2) is 0 Å². The zero-order chi connectivity index (χ0) is 8.91. The van der Waals surface area contributed by atoms with Gasteiger partial charge in [-0.05, 0) is 6.04 Å². The summed E-state index contributed by atoms with van der Waals surface area (Å²) in [5.74, 6) is 0. The molecule has 0 aliphatic carbocycles. The third kappa shape index (κ3) is 6.33. The molecule has 1 unspecified atom stereocenters. The maximum Gasteiger partial charge on any atom is 0.514 e. The van der Waals surface area contributed by atoms with Crippen LogP contribution >= 0.6 is 0 Å². The second-order valence-electron chi connectivity index (χ2n) is 2.02. The van der Waals surface area contributed by atoms with Crippen LogP contribution in [0.3, 0.4) is 0 Å². The molecule has 0 N–H and O–H groups in total. The highest BCUT2D eigenvalue weighted by Gasteiger charge is 2.33. The van der Waals surface area contributed by atoms with Crippen LogP contribution in [-0.4, -0.2) is 22.8 Å². The van der Waals surface area contributed by atoms with E-state index < -0.39 is 15.6 Å². The van der Waals surface area contributed by atoms with Gasteiger partial charge in [-0.2, -0.15) is 0 Å². The Bertz CT molecular complexity index is 106. The van der Waals surface area contributed by atoms with Gasteiger partial charge in [-0.1, -0.05) is 13.3 Å². The molecule has 1 atom stereocenters. The average molecular weight is 188 g/mol. The quantitative estimate of drug-likeness (QED) is 0.626. The van der Waals surface area contributed by atoms with Crippen molar-refractivity contribution in [3.63, 3.8) is 0 Å². The normalized spacial score (nSPS) is 15.0. The molecule has 0 fully saturated rings. The van der Waals surface area contributed by atoms with E-state index >= 15 is 0 Å². The first-order chi connectivity index (χ1) is 4.99. The van der Waals surface area contributed by atoms with Gasteiger partial charge >= 0.3 is 15.6 Å². The average Bonchev–Trinajstić information content (AvgIpc) is 1.84. The van der Waals surface area contributed by atoms with Crippen molar-refractivity contribution in [3.8, 4) is 0 Å². The molecular weight excluding hydrogens is 177 g/mol. The SMILES string of the molecule is CCC[SiH](OC)OC(F)(F)F. The third-order valence-corrected chi connectivity index (χ3v) is 3.16. The Morgan fingerprint density at radius 2 is 1.91 bits per heavy atom. The van der Waals surface area contributed by atoms with Crippen LogP contribution in [0, 0.1) is 0 Å². The van der Waals surface area contributed by atoms with Crippen LogP contribution in [0.1, 0.15) is 13.3 Å². The van der Waals surface area contributed by atoms with Crippen molar-refractivity contribution in [1.82, 2.24) is 0 Å². The summed E-state index contributed by atoms with van der Waals surface area (Å²) in [6.45, 7) is 1.79. The molecule has 0 aromatic heterocycles. The Morgan fingerprint density at radius 1 is 1.36 bits per heavy atom. The molecule has 0 heterocycles. The predicted octanol–water partition coefficient (Wildman–Crippen LogP) is 1.80. The molecule has 68 valence electrons. The van der Waals surface area contributed by atoms with Gasteiger partial charge in [0.2, 0.25) is 0 Å². The second kappa shape index (κ2) is 4.73. The van der Waals surface area contributed by atoms with Crippen LogP contribution in [0.2, 0.25) is 6.04 Å². The predicted molar refractivity (Wildman–Crippen MR) is 36.4 cm³/mol. The highest BCUT2D eigenvalue weighted by molar-refractivity contribution is 6.44. The van der Waals surface area contributed by atoms with Gasteiger partial charge in [0, 0.05) is 7.11 Å². The zero-order valence-corrected chi connectivity index (χ0v) is 7.60. The van der Waals surface area contributed by atoms with Crippen LogP contribution in [0.5, 0.6) is 0 Å². The molecule has 6 heteroatoms. The van der Waals surface area contributed by atoms with E-state index in [0.29, 0.717) is 12.5 Å². The Hall–Kier alpha value is -0.0731. The monoisotopic (exact) mass is 188 g/mol. The Kier molecular flexibility index (Phi) is 4.70. The van der Waals surface area contributed by atoms with Crippen molar-refractivity contribution in [2.24, 2.45) is 0 Å². The molecule has 0 amide bonds. The smallest absolute Gasteiger partial charge is 0.400 e. The number of halogens is 3. The van der Waals surface area contributed by atoms with Crippen molar-refractivity contribution in [2.45, 2.75) is 25.8 Å². The van der Waals surface area contributed by atoms with Gasteiger partial charge < -0.3 is 8.85 Å². The Balaban J connectivity index is 3.68. The van der Waals surface area contributed by atoms with Crippen molar-refractivity contribution in [3.05, 3.63) is 0 Å². The molecule has 0 radical (unpaired) electrons. The first kappa shape index (κ1) is 10.9. The second-order valence-corrected chi connectivity index (χ2v) is 4.16. The van der Waals surface area contributed by atoms with Gasteiger partial charge in [0.05, 0.1) is 0 Å². The standard InChI is InChI=1S/C5H11F3O2Si/c1-3-4-11(9-2)10-5(6,7)8/h11H,3-4H2,1-2H3. The van der Waals surface area contributed by atoms with Gasteiger partial charge in [-0.25, -0.2) is 0 Å². The summed E-state index contributed by atoms with van der Waals surface area (Å²) in [5.41, 5.74) is 0. The van der Waals surface area contributed by atoms with E-state index in [0.717, 1.165) is 0 Å². The fourth-order valence-electron chi connectivity index (χ4n) is 0.610. The first-order valence-corrected chi connectivity index (χ1v) is 5.03. The number of hydrogen-bond donors (Lipinski definition) is 0. The molecular formula is C5H11F3O2Si. The topological polar surface area (TPSA) is 18.5 Å². The first-order valence-electron chi connectivity index (χ1n) is 3.27. The van der Waals surface area contributed by atoms with Crippen LogP contribution in [0.4, 0.5) is 13.2 Å². The lowest BCUT2D eigenvalue weighted by Gasteiger charge is -2.14. The van der Waals surface area contributed by atoms with Crippen LogP contribution < -0.4 is 0 Å². The number of alkyl halides is 3. The maximum atomic E-state index is 11.5. The van der Waals surface area contributed by atoms with E-state index in [1.54, 1.807) is 6.92 Å². The fourth-order valence-corrected chi connectivity index (χ4v) is 1.83. The summed E-state index contributed by atoms with van der Waals surface area (Å²) >= 11 is 0. The molecule has 11 heavy (non-hydrogen) atoms. The molecule has 0 bridgehead atoms. The molecule has 0 aliphatic heterocycles. The molecule has 0 aromatic rings. The van der Waals surface area contributed by atoms with Gasteiger partial charge in [-0.15, -0.1) is 13.2 Å². The lowest BCUT2D eigenvalue weighted by atomic mass is 10.6. The summed E-state index contributed by atoms with van der Waals surface area (Å²) < 4.78 is 43.0.